The van der Waals surface area contributed by atoms with Crippen LogP contribution >= 0.6 is 12.2 Å². The lowest BCUT2D eigenvalue weighted by Crippen LogP contribution is -2.40. The molecule has 0 unspecified atom stereocenters. The first-order valence-electron chi connectivity index (χ1n) is 3.77. The predicted octanol–water partition coefficient (Wildman–Crippen LogP) is 0.412. The molecule has 14 heavy (non-hydrogen) atoms. The Kier molecular flexibility index (Phi) is 1.93. The molecule has 0 aromatic carbocycles. The van der Waals surface area contributed by atoms with Gasteiger partial charge in [-0.25, -0.2) is 12.7 Å². The highest BCUT2D eigenvalue weighted by Gasteiger charge is 2.31. The first kappa shape index (κ1) is 9.35. The second kappa shape index (κ2) is 2.89. The summed E-state index contributed by atoms with van der Waals surface area (Å²) in [6, 6.07) is 1.58. The zero-order chi connectivity index (χ0) is 10.3. The van der Waals surface area contributed by atoms with Crippen molar-refractivity contribution >= 4 is 33.0 Å². The highest BCUT2D eigenvalue weighted by Crippen LogP contribution is 2.27. The molecule has 0 saturated carbocycles. The lowest BCUT2D eigenvalue weighted by atomic mass is 10.4. The van der Waals surface area contributed by atoms with Crippen LogP contribution in [0.5, 0.6) is 0 Å². The number of aromatic nitrogens is 1. The monoisotopic (exact) mass is 229 g/mol. The number of nitrogens with one attached hydrogen (secondary N) is 1. The van der Waals surface area contributed by atoms with Crippen molar-refractivity contribution in [2.45, 2.75) is 4.90 Å². The van der Waals surface area contributed by atoms with Crippen molar-refractivity contribution in [2.75, 3.05) is 12.4 Å². The second-order valence-electron chi connectivity index (χ2n) is 2.77. The molecule has 1 aliphatic rings. The van der Waals surface area contributed by atoms with Gasteiger partial charge in [0, 0.05) is 19.4 Å². The summed E-state index contributed by atoms with van der Waals surface area (Å²) in [6.45, 7) is 0. The molecule has 0 spiro atoms. The average Bonchev–Trinajstić information content (AvgIpc) is 2.15. The van der Waals surface area contributed by atoms with E-state index in [4.69, 9.17) is 12.2 Å². The Morgan fingerprint density at radius 2 is 2.29 bits per heavy atom. The maximum absolute atomic E-state index is 11.8. The minimum absolute atomic E-state index is 0.149. The van der Waals surface area contributed by atoms with Crippen molar-refractivity contribution in [1.82, 2.24) is 9.29 Å². The van der Waals surface area contributed by atoms with E-state index in [1.807, 2.05) is 0 Å². The number of thiocarbonyl (C=S) groups is 1. The molecule has 2 heterocycles. The van der Waals surface area contributed by atoms with Crippen LogP contribution in [0.3, 0.4) is 0 Å². The fourth-order valence-electron chi connectivity index (χ4n) is 1.14. The lowest BCUT2D eigenvalue weighted by Gasteiger charge is -2.27. The number of nitrogens with zero attached hydrogens (tertiary/aromatic N) is 2. The van der Waals surface area contributed by atoms with Gasteiger partial charge < -0.3 is 5.32 Å². The molecule has 5 nitrogen and oxygen atoms in total. The Morgan fingerprint density at radius 3 is 3.00 bits per heavy atom. The van der Waals surface area contributed by atoms with E-state index in [1.165, 1.54) is 19.4 Å². The van der Waals surface area contributed by atoms with E-state index in [2.05, 4.69) is 10.3 Å². The van der Waals surface area contributed by atoms with Crippen LogP contribution in [0.15, 0.2) is 23.4 Å². The normalized spacial score (nSPS) is 18.6. The molecule has 0 aliphatic carbocycles. The smallest absolute Gasteiger partial charge is 0.269 e. The molecule has 0 atom stereocenters. The summed E-state index contributed by atoms with van der Waals surface area (Å²) >= 11 is 4.87. The lowest BCUT2D eigenvalue weighted by molar-refractivity contribution is 0.551. The summed E-state index contributed by atoms with van der Waals surface area (Å²) in [5.74, 6) is 0. The van der Waals surface area contributed by atoms with E-state index in [0.717, 1.165) is 4.31 Å². The van der Waals surface area contributed by atoms with Crippen LogP contribution in [0, 0.1) is 0 Å². The Bertz CT molecular complexity index is 497. The van der Waals surface area contributed by atoms with Gasteiger partial charge >= 0.3 is 0 Å². The highest BCUT2D eigenvalue weighted by molar-refractivity contribution is 7.92. The molecule has 0 bridgehead atoms. The number of anilines is 1. The van der Waals surface area contributed by atoms with Gasteiger partial charge in [0.05, 0.1) is 5.69 Å². The molecule has 7 heteroatoms. The Hall–Kier alpha value is -1.21. The molecular formula is C7H7N3O2S2. The topological polar surface area (TPSA) is 62.3 Å². The van der Waals surface area contributed by atoms with Gasteiger partial charge in [-0.1, -0.05) is 0 Å². The highest BCUT2D eigenvalue weighted by atomic mass is 32.2. The maximum Gasteiger partial charge on any atom is 0.269 e. The summed E-state index contributed by atoms with van der Waals surface area (Å²) in [5.41, 5.74) is 0.475. The van der Waals surface area contributed by atoms with E-state index in [0.29, 0.717) is 5.69 Å². The number of hydrogen-bond acceptors (Lipinski definition) is 4. The molecule has 1 aliphatic heterocycles. The number of fused-ring (bicyclic) bond motifs is 1. The van der Waals surface area contributed by atoms with Gasteiger partial charge in [0.1, 0.15) is 4.90 Å². The van der Waals surface area contributed by atoms with Gasteiger partial charge in [-0.3, -0.25) is 4.98 Å². The number of hydrogen-bond donors (Lipinski definition) is 1. The van der Waals surface area contributed by atoms with Crippen molar-refractivity contribution < 1.29 is 8.42 Å². The van der Waals surface area contributed by atoms with Crippen molar-refractivity contribution in [1.29, 1.82) is 0 Å². The van der Waals surface area contributed by atoms with E-state index in [1.54, 1.807) is 6.07 Å². The molecule has 1 aromatic rings. The van der Waals surface area contributed by atoms with Crippen molar-refractivity contribution in [3.05, 3.63) is 18.5 Å². The number of rotatable bonds is 0. The molecule has 0 saturated heterocycles. The van der Waals surface area contributed by atoms with Crippen molar-refractivity contribution in [3.63, 3.8) is 0 Å². The van der Waals surface area contributed by atoms with Crippen LogP contribution in [-0.2, 0) is 10.0 Å². The summed E-state index contributed by atoms with van der Waals surface area (Å²) in [5, 5.41) is 2.97. The molecule has 1 aromatic heterocycles. The predicted molar refractivity (Wildman–Crippen MR) is 55.4 cm³/mol. The fraction of sp³-hybridized carbons (Fsp3) is 0.143. The average molecular weight is 229 g/mol. The third kappa shape index (κ3) is 1.17. The third-order valence-electron chi connectivity index (χ3n) is 1.95. The number of pyridine rings is 1. The van der Waals surface area contributed by atoms with Gasteiger partial charge in [-0.2, -0.15) is 0 Å². The van der Waals surface area contributed by atoms with Gasteiger partial charge in [0.15, 0.2) is 5.11 Å². The Balaban J connectivity index is 2.72. The first-order valence-corrected chi connectivity index (χ1v) is 5.62. The van der Waals surface area contributed by atoms with Gasteiger partial charge in [-0.15, -0.1) is 0 Å². The fourth-order valence-corrected chi connectivity index (χ4v) is 2.69. The van der Waals surface area contributed by atoms with E-state index < -0.39 is 10.0 Å². The van der Waals surface area contributed by atoms with Crippen LogP contribution in [0.4, 0.5) is 5.69 Å². The third-order valence-corrected chi connectivity index (χ3v) is 4.23. The largest absolute Gasteiger partial charge is 0.331 e. The van der Waals surface area contributed by atoms with Crippen molar-refractivity contribution in [3.8, 4) is 0 Å². The number of sulfonamides is 1. The Labute approximate surface area is 86.8 Å². The van der Waals surface area contributed by atoms with Crippen LogP contribution in [0.25, 0.3) is 0 Å². The SMILES string of the molecule is CN1C(=S)Nc2ccncc2S1(=O)=O. The molecule has 0 radical (unpaired) electrons. The van der Waals surface area contributed by atoms with Gasteiger partial charge in [0.25, 0.3) is 10.0 Å². The molecule has 2 rings (SSSR count). The van der Waals surface area contributed by atoms with E-state index >= 15 is 0 Å². The first-order chi connectivity index (χ1) is 6.53. The van der Waals surface area contributed by atoms with Gasteiger partial charge in [-0.05, 0) is 18.3 Å². The molecule has 74 valence electrons. The summed E-state index contributed by atoms with van der Waals surface area (Å²) in [6.07, 6.45) is 2.81. The standard InChI is InChI=1S/C7H7N3O2S2/c1-10-7(13)9-5-2-3-8-4-6(5)14(10,11)12/h2-4H,1H3,(H,9,13). The summed E-state index contributed by atoms with van der Waals surface area (Å²) in [7, 11) is -2.10. The van der Waals surface area contributed by atoms with Gasteiger partial charge in [0.2, 0.25) is 0 Å². The quantitative estimate of drug-likeness (QED) is 0.653. The second-order valence-corrected chi connectivity index (χ2v) is 5.10. The van der Waals surface area contributed by atoms with Crippen LogP contribution < -0.4 is 5.32 Å². The van der Waals surface area contributed by atoms with Crippen LogP contribution in [-0.4, -0.2) is 29.9 Å². The minimum atomic E-state index is -3.50. The molecule has 0 amide bonds. The molecule has 1 N–H and O–H groups in total. The van der Waals surface area contributed by atoms with Crippen LogP contribution in [0.2, 0.25) is 0 Å². The summed E-state index contributed by atoms with van der Waals surface area (Å²) < 4.78 is 24.6. The Morgan fingerprint density at radius 1 is 1.57 bits per heavy atom. The minimum Gasteiger partial charge on any atom is -0.331 e. The van der Waals surface area contributed by atoms with E-state index in [-0.39, 0.29) is 10.0 Å². The molecule has 0 fully saturated rings. The van der Waals surface area contributed by atoms with Crippen LogP contribution in [0.1, 0.15) is 0 Å². The maximum atomic E-state index is 11.8. The zero-order valence-electron chi connectivity index (χ0n) is 7.26. The van der Waals surface area contributed by atoms with Crippen molar-refractivity contribution in [2.24, 2.45) is 0 Å². The zero-order valence-corrected chi connectivity index (χ0v) is 8.89. The van der Waals surface area contributed by atoms with E-state index in [9.17, 15) is 8.42 Å². The molecular weight excluding hydrogens is 222 g/mol. The summed E-state index contributed by atoms with van der Waals surface area (Å²) in [4.78, 5) is 3.91.